The fourth-order valence-corrected chi connectivity index (χ4v) is 2.54. The highest BCUT2D eigenvalue weighted by Gasteiger charge is 2.22. The van der Waals surface area contributed by atoms with Crippen molar-refractivity contribution in [3.63, 3.8) is 0 Å². The van der Waals surface area contributed by atoms with Gasteiger partial charge in [-0.15, -0.1) is 0 Å². The van der Waals surface area contributed by atoms with Gasteiger partial charge in [0.25, 0.3) is 0 Å². The average molecular weight is 265 g/mol. The minimum atomic E-state index is 0.131. The molecule has 1 atom stereocenters. The molecule has 0 spiro atoms. The molecule has 0 amide bonds. The van der Waals surface area contributed by atoms with Crippen LogP contribution in [0.15, 0.2) is 6.07 Å². The molecule has 1 aromatic heterocycles. The summed E-state index contributed by atoms with van der Waals surface area (Å²) in [4.78, 5) is 10.6. The van der Waals surface area contributed by atoms with Crippen LogP contribution in [0.4, 0.5) is 17.6 Å². The summed E-state index contributed by atoms with van der Waals surface area (Å²) < 4.78 is 0. The lowest BCUT2D eigenvalue weighted by Gasteiger charge is -2.30. The van der Waals surface area contributed by atoms with Gasteiger partial charge in [0.1, 0.15) is 11.6 Å². The lowest BCUT2D eigenvalue weighted by Crippen LogP contribution is -2.38. The minimum Gasteiger partial charge on any atom is -0.394 e. The summed E-state index contributed by atoms with van der Waals surface area (Å²) in [6, 6.07) is 2.04. The fourth-order valence-electron chi connectivity index (χ4n) is 2.54. The lowest BCUT2D eigenvalue weighted by molar-refractivity contribution is 0.254. The molecule has 2 heterocycles. The number of nitrogens with two attached hydrogens (primary N) is 1. The molecule has 106 valence electrons. The zero-order valence-corrected chi connectivity index (χ0v) is 11.5. The Hall–Kier alpha value is -1.56. The van der Waals surface area contributed by atoms with Crippen LogP contribution in [0, 0.1) is 0 Å². The van der Waals surface area contributed by atoms with Crippen molar-refractivity contribution in [2.75, 3.05) is 35.6 Å². The molecule has 0 aliphatic carbocycles. The van der Waals surface area contributed by atoms with Gasteiger partial charge in [-0.1, -0.05) is 12.8 Å². The first kappa shape index (κ1) is 13.9. The number of aliphatic hydroxyl groups is 1. The molecule has 0 radical (unpaired) electrons. The van der Waals surface area contributed by atoms with Gasteiger partial charge < -0.3 is 21.1 Å². The second-order valence-electron chi connectivity index (χ2n) is 4.88. The monoisotopic (exact) mass is 265 g/mol. The molecule has 2 rings (SSSR count). The molecule has 1 fully saturated rings. The van der Waals surface area contributed by atoms with Crippen molar-refractivity contribution in [3.8, 4) is 0 Å². The Balaban J connectivity index is 2.26. The largest absolute Gasteiger partial charge is 0.394 e. The Kier molecular flexibility index (Phi) is 4.79. The molecule has 1 aliphatic rings. The van der Waals surface area contributed by atoms with Crippen LogP contribution in [0.1, 0.15) is 32.6 Å². The Morgan fingerprint density at radius 1 is 1.42 bits per heavy atom. The van der Waals surface area contributed by atoms with E-state index in [-0.39, 0.29) is 18.6 Å². The Bertz CT molecular complexity index is 412. The molecule has 0 aromatic carbocycles. The van der Waals surface area contributed by atoms with Crippen molar-refractivity contribution in [3.05, 3.63) is 6.07 Å². The number of nitrogens with zero attached hydrogens (tertiary/aromatic N) is 3. The molecule has 1 unspecified atom stereocenters. The van der Waals surface area contributed by atoms with E-state index in [0.717, 1.165) is 44.0 Å². The molecule has 1 saturated heterocycles. The first-order valence-corrected chi connectivity index (χ1v) is 7.00. The van der Waals surface area contributed by atoms with Crippen LogP contribution in [0.3, 0.4) is 0 Å². The third kappa shape index (κ3) is 3.47. The van der Waals surface area contributed by atoms with E-state index in [1.54, 1.807) is 0 Å². The van der Waals surface area contributed by atoms with Crippen molar-refractivity contribution < 1.29 is 5.11 Å². The molecule has 6 heteroatoms. The highest BCUT2D eigenvalue weighted by molar-refractivity contribution is 5.53. The Morgan fingerprint density at radius 2 is 2.26 bits per heavy atom. The van der Waals surface area contributed by atoms with Gasteiger partial charge in [0.15, 0.2) is 0 Å². The molecule has 0 bridgehead atoms. The predicted molar refractivity (Wildman–Crippen MR) is 77.3 cm³/mol. The van der Waals surface area contributed by atoms with Gasteiger partial charge in [-0.05, 0) is 19.8 Å². The van der Waals surface area contributed by atoms with Crippen LogP contribution in [0.25, 0.3) is 0 Å². The molecule has 4 N–H and O–H groups in total. The number of hydrogen-bond acceptors (Lipinski definition) is 6. The number of rotatable bonds is 4. The predicted octanol–water partition coefficient (Wildman–Crippen LogP) is 1.23. The summed E-state index contributed by atoms with van der Waals surface area (Å²) in [6.07, 6.45) is 4.48. The molecular formula is C13H23N5O. The first-order valence-electron chi connectivity index (χ1n) is 7.00. The number of aromatic nitrogens is 2. The summed E-state index contributed by atoms with van der Waals surface area (Å²) in [5.41, 5.74) is 5.77. The summed E-state index contributed by atoms with van der Waals surface area (Å²) in [7, 11) is 0. The van der Waals surface area contributed by atoms with Gasteiger partial charge in [-0.3, -0.25) is 0 Å². The number of hydrogen-bond donors (Lipinski definition) is 3. The molecule has 0 saturated carbocycles. The van der Waals surface area contributed by atoms with Gasteiger partial charge in [-0.2, -0.15) is 9.97 Å². The topological polar surface area (TPSA) is 87.3 Å². The maximum atomic E-state index is 9.56. The second kappa shape index (κ2) is 6.56. The molecule has 1 aromatic rings. The first-order chi connectivity index (χ1) is 9.24. The molecule has 1 aliphatic heterocycles. The zero-order chi connectivity index (χ0) is 13.7. The van der Waals surface area contributed by atoms with Crippen LogP contribution in [-0.2, 0) is 0 Å². The molecule has 19 heavy (non-hydrogen) atoms. The van der Waals surface area contributed by atoms with E-state index in [9.17, 15) is 5.11 Å². The summed E-state index contributed by atoms with van der Waals surface area (Å²) in [5.74, 6) is 1.82. The van der Waals surface area contributed by atoms with Crippen LogP contribution in [0.2, 0.25) is 0 Å². The highest BCUT2D eigenvalue weighted by Crippen LogP contribution is 2.24. The third-order valence-corrected chi connectivity index (χ3v) is 3.47. The van der Waals surface area contributed by atoms with E-state index >= 15 is 0 Å². The van der Waals surface area contributed by atoms with Crippen LogP contribution >= 0.6 is 0 Å². The van der Waals surface area contributed by atoms with E-state index in [1.165, 1.54) is 6.42 Å². The SMILES string of the molecule is CCNc1cc(N2CCCCCC2CO)nc(N)n1. The van der Waals surface area contributed by atoms with E-state index in [2.05, 4.69) is 20.2 Å². The van der Waals surface area contributed by atoms with E-state index in [0.29, 0.717) is 0 Å². The number of nitrogen functional groups attached to an aromatic ring is 1. The Morgan fingerprint density at radius 3 is 3.00 bits per heavy atom. The van der Waals surface area contributed by atoms with Crippen LogP contribution in [0.5, 0.6) is 0 Å². The lowest BCUT2D eigenvalue weighted by atomic mass is 10.1. The summed E-state index contributed by atoms with van der Waals surface area (Å²) in [6.45, 7) is 3.87. The van der Waals surface area contributed by atoms with Gasteiger partial charge in [0.05, 0.1) is 12.6 Å². The minimum absolute atomic E-state index is 0.131. The van der Waals surface area contributed by atoms with E-state index < -0.39 is 0 Å². The van der Waals surface area contributed by atoms with E-state index in [1.807, 2.05) is 13.0 Å². The van der Waals surface area contributed by atoms with Gasteiger partial charge in [-0.25, -0.2) is 0 Å². The fraction of sp³-hybridized carbons (Fsp3) is 0.692. The van der Waals surface area contributed by atoms with Gasteiger partial charge >= 0.3 is 0 Å². The molecular weight excluding hydrogens is 242 g/mol. The summed E-state index contributed by atoms with van der Waals surface area (Å²) >= 11 is 0. The number of nitrogens with one attached hydrogen (secondary N) is 1. The average Bonchev–Trinajstić information content (AvgIpc) is 2.63. The van der Waals surface area contributed by atoms with Crippen molar-refractivity contribution in [2.24, 2.45) is 0 Å². The maximum absolute atomic E-state index is 9.56. The van der Waals surface area contributed by atoms with Crippen molar-refractivity contribution in [1.29, 1.82) is 0 Å². The number of aliphatic hydroxyl groups excluding tert-OH is 1. The quantitative estimate of drug-likeness (QED) is 0.759. The standard InChI is InChI=1S/C13H23N5O/c1-2-15-11-8-12(17-13(14)16-11)18-7-5-3-4-6-10(18)9-19/h8,10,19H,2-7,9H2,1H3,(H3,14,15,16,17). The third-order valence-electron chi connectivity index (χ3n) is 3.47. The smallest absolute Gasteiger partial charge is 0.223 e. The Labute approximate surface area is 114 Å². The second-order valence-corrected chi connectivity index (χ2v) is 4.88. The van der Waals surface area contributed by atoms with Gasteiger partial charge in [0, 0.05) is 19.2 Å². The van der Waals surface area contributed by atoms with Crippen LogP contribution < -0.4 is 16.0 Å². The normalized spacial score (nSPS) is 20.1. The maximum Gasteiger partial charge on any atom is 0.223 e. The van der Waals surface area contributed by atoms with Crippen molar-refractivity contribution >= 4 is 17.6 Å². The van der Waals surface area contributed by atoms with Gasteiger partial charge in [0.2, 0.25) is 5.95 Å². The van der Waals surface area contributed by atoms with Crippen LogP contribution in [-0.4, -0.2) is 40.8 Å². The van der Waals surface area contributed by atoms with E-state index in [4.69, 9.17) is 5.73 Å². The van der Waals surface area contributed by atoms with Crippen molar-refractivity contribution in [2.45, 2.75) is 38.6 Å². The zero-order valence-electron chi connectivity index (χ0n) is 11.5. The number of anilines is 3. The van der Waals surface area contributed by atoms with Crippen molar-refractivity contribution in [1.82, 2.24) is 9.97 Å². The summed E-state index contributed by atoms with van der Waals surface area (Å²) in [5, 5.41) is 12.7. The highest BCUT2D eigenvalue weighted by atomic mass is 16.3. The molecule has 6 nitrogen and oxygen atoms in total.